The maximum Gasteiger partial charge on any atom is 0.268 e. The minimum Gasteiger partial charge on any atom is -0.490 e. The molecule has 0 aliphatic heterocycles. The molecule has 0 spiro atoms. The van der Waals surface area contributed by atoms with Crippen molar-refractivity contribution in [1.29, 1.82) is 5.26 Å². The van der Waals surface area contributed by atoms with Gasteiger partial charge in [-0.05, 0) is 61.4 Å². The Morgan fingerprint density at radius 1 is 1.00 bits per heavy atom. The molecule has 0 unspecified atom stereocenters. The number of benzene rings is 2. The van der Waals surface area contributed by atoms with Crippen LogP contribution >= 0.6 is 11.3 Å². The van der Waals surface area contributed by atoms with Gasteiger partial charge in [0.25, 0.3) is 5.91 Å². The van der Waals surface area contributed by atoms with Crippen LogP contribution in [0, 0.1) is 11.3 Å². The van der Waals surface area contributed by atoms with E-state index in [9.17, 15) is 14.9 Å². The molecule has 10 nitrogen and oxygen atoms in total. The Kier molecular flexibility index (Phi) is 9.99. The van der Waals surface area contributed by atoms with Crippen molar-refractivity contribution in [3.05, 3.63) is 58.6 Å². The number of hydrogen-bond donors (Lipinski definition) is 2. The molecule has 0 atom stereocenters. The predicted molar refractivity (Wildman–Crippen MR) is 141 cm³/mol. The van der Waals surface area contributed by atoms with Crippen LogP contribution in [-0.4, -0.2) is 41.8 Å². The zero-order valence-electron chi connectivity index (χ0n) is 20.7. The summed E-state index contributed by atoms with van der Waals surface area (Å²) < 4.78 is 17.2. The molecule has 0 saturated heterocycles. The lowest BCUT2D eigenvalue weighted by molar-refractivity contribution is -0.114. The summed E-state index contributed by atoms with van der Waals surface area (Å²) in [6, 6.07) is 14.1. The van der Waals surface area contributed by atoms with E-state index in [2.05, 4.69) is 20.8 Å². The Bertz CT molecular complexity index is 1300. The zero-order valence-corrected chi connectivity index (χ0v) is 21.6. The van der Waals surface area contributed by atoms with E-state index in [0.717, 1.165) is 5.01 Å². The third kappa shape index (κ3) is 8.33. The van der Waals surface area contributed by atoms with Crippen LogP contribution in [0.25, 0.3) is 6.08 Å². The minimum absolute atomic E-state index is 0.0812. The predicted octanol–water partition coefficient (Wildman–Crippen LogP) is 4.46. The lowest BCUT2D eigenvalue weighted by Crippen LogP contribution is -2.13. The van der Waals surface area contributed by atoms with Crippen molar-refractivity contribution in [3.63, 3.8) is 0 Å². The first kappa shape index (κ1) is 27.2. The van der Waals surface area contributed by atoms with Gasteiger partial charge < -0.3 is 19.5 Å². The number of nitrogens with zero attached hydrogens (tertiary/aromatic N) is 3. The van der Waals surface area contributed by atoms with Gasteiger partial charge in [-0.2, -0.15) is 5.26 Å². The first-order valence-electron chi connectivity index (χ1n) is 11.6. The van der Waals surface area contributed by atoms with Crippen LogP contribution < -0.4 is 24.8 Å². The fraction of sp³-hybridized carbons (Fsp3) is 0.269. The lowest BCUT2D eigenvalue weighted by Gasteiger charge is -2.13. The molecule has 192 valence electrons. The molecule has 0 fully saturated rings. The fourth-order valence-corrected chi connectivity index (χ4v) is 3.75. The molecule has 0 aliphatic carbocycles. The largest absolute Gasteiger partial charge is 0.490 e. The monoisotopic (exact) mass is 521 g/mol. The summed E-state index contributed by atoms with van der Waals surface area (Å²) in [6.07, 6.45) is 2.18. The molecule has 3 aromatic rings. The summed E-state index contributed by atoms with van der Waals surface area (Å²) in [4.78, 5) is 23.6. The number of nitriles is 1. The topological polar surface area (TPSA) is 135 Å². The van der Waals surface area contributed by atoms with Gasteiger partial charge in [0, 0.05) is 12.6 Å². The van der Waals surface area contributed by atoms with E-state index in [1.807, 2.05) is 19.9 Å². The molecule has 2 amide bonds. The summed E-state index contributed by atoms with van der Waals surface area (Å²) in [6.45, 7) is 6.19. The van der Waals surface area contributed by atoms with E-state index in [4.69, 9.17) is 14.2 Å². The van der Waals surface area contributed by atoms with Gasteiger partial charge in [0.15, 0.2) is 11.5 Å². The molecule has 2 N–H and O–H groups in total. The van der Waals surface area contributed by atoms with E-state index >= 15 is 0 Å². The van der Waals surface area contributed by atoms with E-state index in [-0.39, 0.29) is 24.7 Å². The van der Waals surface area contributed by atoms with Crippen LogP contribution in [0.2, 0.25) is 0 Å². The minimum atomic E-state index is -0.568. The van der Waals surface area contributed by atoms with Gasteiger partial charge in [0.05, 0.1) is 6.61 Å². The SMILES string of the molecule is CCOc1cc(C=C(C#N)C(=O)Nc2nnc(CC)s2)ccc1OCCOc1ccc(NC(C)=O)cc1. The Labute approximate surface area is 218 Å². The highest BCUT2D eigenvalue weighted by Crippen LogP contribution is 2.29. The third-order valence-corrected chi connectivity index (χ3v) is 5.70. The molecule has 0 bridgehead atoms. The second-order valence-electron chi connectivity index (χ2n) is 7.52. The summed E-state index contributed by atoms with van der Waals surface area (Å²) in [5.74, 6) is 0.921. The molecule has 2 aromatic carbocycles. The van der Waals surface area contributed by atoms with Gasteiger partial charge in [0.2, 0.25) is 11.0 Å². The summed E-state index contributed by atoms with van der Waals surface area (Å²) in [5.41, 5.74) is 1.21. The number of carbonyl (C=O) groups is 2. The third-order valence-electron chi connectivity index (χ3n) is 4.72. The molecular formula is C26H27N5O5S. The van der Waals surface area contributed by atoms with Crippen LogP contribution in [0.3, 0.4) is 0 Å². The quantitative estimate of drug-likeness (QED) is 0.203. The highest BCUT2D eigenvalue weighted by Gasteiger charge is 2.14. The van der Waals surface area contributed by atoms with Crippen LogP contribution in [0.5, 0.6) is 17.2 Å². The van der Waals surface area contributed by atoms with Gasteiger partial charge in [0.1, 0.15) is 35.6 Å². The maximum absolute atomic E-state index is 12.5. The number of nitrogens with one attached hydrogen (secondary N) is 2. The van der Waals surface area contributed by atoms with Crippen molar-refractivity contribution in [2.45, 2.75) is 27.2 Å². The average Bonchev–Trinajstić information content (AvgIpc) is 3.34. The van der Waals surface area contributed by atoms with Gasteiger partial charge in [-0.15, -0.1) is 10.2 Å². The van der Waals surface area contributed by atoms with E-state index in [0.29, 0.717) is 46.7 Å². The lowest BCUT2D eigenvalue weighted by atomic mass is 10.1. The molecule has 0 radical (unpaired) electrons. The van der Waals surface area contributed by atoms with E-state index in [1.54, 1.807) is 42.5 Å². The average molecular weight is 522 g/mol. The smallest absolute Gasteiger partial charge is 0.268 e. The second kappa shape index (κ2) is 13.6. The first-order valence-corrected chi connectivity index (χ1v) is 12.4. The number of hydrogen-bond acceptors (Lipinski definition) is 9. The van der Waals surface area contributed by atoms with Crippen LogP contribution in [0.4, 0.5) is 10.8 Å². The Balaban J connectivity index is 1.60. The number of aryl methyl sites for hydroxylation is 1. The molecule has 0 aliphatic rings. The molecular weight excluding hydrogens is 494 g/mol. The highest BCUT2D eigenvalue weighted by atomic mass is 32.1. The number of aromatic nitrogens is 2. The summed E-state index contributed by atoms with van der Waals surface area (Å²) >= 11 is 1.26. The molecule has 11 heteroatoms. The standard InChI is InChI=1S/C26H27N5O5S/c1-4-24-30-31-26(37-24)29-25(33)19(16-27)14-18-6-11-22(23(15-18)34-5-2)36-13-12-35-21-9-7-20(8-10-21)28-17(3)32/h6-11,14-15H,4-5,12-13H2,1-3H3,(H,28,32)(H,29,31,33). The highest BCUT2D eigenvalue weighted by molar-refractivity contribution is 7.15. The molecule has 1 aromatic heterocycles. The number of amides is 2. The van der Waals surface area contributed by atoms with Gasteiger partial charge in [-0.3, -0.25) is 14.9 Å². The first-order chi connectivity index (χ1) is 17.9. The second-order valence-corrected chi connectivity index (χ2v) is 8.58. The van der Waals surface area contributed by atoms with Crippen molar-refractivity contribution in [2.24, 2.45) is 0 Å². The normalized spacial score (nSPS) is 10.8. The van der Waals surface area contributed by atoms with Crippen molar-refractivity contribution < 1.29 is 23.8 Å². The van der Waals surface area contributed by atoms with Crippen molar-refractivity contribution in [1.82, 2.24) is 10.2 Å². The van der Waals surface area contributed by atoms with Crippen LogP contribution in [-0.2, 0) is 16.0 Å². The van der Waals surface area contributed by atoms with E-state index < -0.39 is 5.91 Å². The molecule has 3 rings (SSSR count). The molecule has 1 heterocycles. The number of carbonyl (C=O) groups excluding carboxylic acids is 2. The van der Waals surface area contributed by atoms with Gasteiger partial charge in [-0.25, -0.2) is 0 Å². The number of ether oxygens (including phenoxy) is 3. The molecule has 37 heavy (non-hydrogen) atoms. The fourth-order valence-electron chi connectivity index (χ4n) is 3.08. The zero-order chi connectivity index (χ0) is 26.6. The van der Waals surface area contributed by atoms with Crippen molar-refractivity contribution in [2.75, 3.05) is 30.5 Å². The maximum atomic E-state index is 12.5. The van der Waals surface area contributed by atoms with Crippen LogP contribution in [0.1, 0.15) is 31.3 Å². The Morgan fingerprint density at radius 2 is 1.76 bits per heavy atom. The van der Waals surface area contributed by atoms with Gasteiger partial charge in [-0.1, -0.05) is 24.3 Å². The van der Waals surface area contributed by atoms with Crippen molar-refractivity contribution >= 4 is 40.0 Å². The molecule has 0 saturated carbocycles. The van der Waals surface area contributed by atoms with Gasteiger partial charge >= 0.3 is 0 Å². The summed E-state index contributed by atoms with van der Waals surface area (Å²) in [7, 11) is 0. The number of rotatable bonds is 12. The Morgan fingerprint density at radius 3 is 2.41 bits per heavy atom. The summed E-state index contributed by atoms with van der Waals surface area (Å²) in [5, 5.41) is 23.8. The van der Waals surface area contributed by atoms with E-state index in [1.165, 1.54) is 24.3 Å². The van der Waals surface area contributed by atoms with Crippen molar-refractivity contribution in [3.8, 4) is 23.3 Å². The van der Waals surface area contributed by atoms with Crippen LogP contribution in [0.15, 0.2) is 48.0 Å². The Hall–Kier alpha value is -4.43. The number of anilines is 2.